The van der Waals surface area contributed by atoms with Gasteiger partial charge in [-0.3, -0.25) is 4.79 Å². The van der Waals surface area contributed by atoms with Crippen LogP contribution in [0.2, 0.25) is 5.02 Å². The van der Waals surface area contributed by atoms with Crippen molar-refractivity contribution in [2.75, 3.05) is 0 Å². The van der Waals surface area contributed by atoms with E-state index in [9.17, 15) is 4.79 Å². The number of carboxylic acid groups (broad SMARTS) is 1. The van der Waals surface area contributed by atoms with Crippen molar-refractivity contribution in [3.63, 3.8) is 0 Å². The molecule has 5 heteroatoms. The van der Waals surface area contributed by atoms with Crippen LogP contribution in [0.5, 0.6) is 11.5 Å². The third-order valence-electron chi connectivity index (χ3n) is 3.65. The van der Waals surface area contributed by atoms with E-state index in [-0.39, 0.29) is 6.10 Å². The second-order valence-electron chi connectivity index (χ2n) is 6.31. The zero-order valence-electron chi connectivity index (χ0n) is 14.7. The Hall–Kier alpha value is -2.20. The Morgan fingerprint density at radius 3 is 2.28 bits per heavy atom. The first-order valence-electron chi connectivity index (χ1n) is 8.24. The number of hydrogen-bond donors (Lipinski definition) is 1. The molecule has 0 aliphatic heterocycles. The summed E-state index contributed by atoms with van der Waals surface area (Å²) in [6.07, 6.45) is 0.579. The minimum Gasteiger partial charge on any atom is -0.491 e. The van der Waals surface area contributed by atoms with Gasteiger partial charge in [0.15, 0.2) is 0 Å². The highest BCUT2D eigenvalue weighted by atomic mass is 35.5. The third kappa shape index (κ3) is 5.98. The van der Waals surface area contributed by atoms with Gasteiger partial charge in [0, 0.05) is 0 Å². The molecule has 0 unspecified atom stereocenters. The van der Waals surface area contributed by atoms with Crippen LogP contribution in [0.15, 0.2) is 42.5 Å². The predicted molar refractivity (Wildman–Crippen MR) is 98.5 cm³/mol. The van der Waals surface area contributed by atoms with Crippen LogP contribution < -0.4 is 9.47 Å². The second kappa shape index (κ2) is 8.77. The fourth-order valence-electron chi connectivity index (χ4n) is 2.33. The molecule has 25 heavy (non-hydrogen) atoms. The fourth-order valence-corrected chi connectivity index (χ4v) is 2.58. The maximum atomic E-state index is 10.9. The quantitative estimate of drug-likeness (QED) is 0.720. The minimum atomic E-state index is -0.818. The molecule has 0 saturated carbocycles. The van der Waals surface area contributed by atoms with Crippen molar-refractivity contribution in [1.29, 1.82) is 0 Å². The van der Waals surface area contributed by atoms with Crippen LogP contribution in [0.25, 0.3) is 0 Å². The molecular formula is C20H23ClO4. The lowest BCUT2D eigenvalue weighted by Crippen LogP contribution is -2.12. The van der Waals surface area contributed by atoms with E-state index < -0.39 is 11.9 Å². The van der Waals surface area contributed by atoms with E-state index in [1.54, 1.807) is 19.1 Å². The van der Waals surface area contributed by atoms with Crippen molar-refractivity contribution in [2.24, 2.45) is 5.92 Å². The molecule has 0 aromatic heterocycles. The average molecular weight is 363 g/mol. The summed E-state index contributed by atoms with van der Waals surface area (Å²) in [6, 6.07) is 13.1. The number of hydrogen-bond acceptors (Lipinski definition) is 3. The summed E-state index contributed by atoms with van der Waals surface area (Å²) in [6.45, 7) is 6.04. The van der Waals surface area contributed by atoms with Crippen LogP contribution in [-0.4, -0.2) is 17.2 Å². The summed E-state index contributed by atoms with van der Waals surface area (Å²) >= 11 is 6.25. The molecule has 1 atom stereocenters. The number of rotatable bonds is 8. The van der Waals surface area contributed by atoms with Gasteiger partial charge in [-0.1, -0.05) is 36.7 Å². The maximum absolute atomic E-state index is 10.9. The number of benzene rings is 2. The van der Waals surface area contributed by atoms with Gasteiger partial charge in [-0.25, -0.2) is 0 Å². The summed E-state index contributed by atoms with van der Waals surface area (Å²) in [4.78, 5) is 10.9. The molecule has 0 radical (unpaired) electrons. The van der Waals surface area contributed by atoms with Gasteiger partial charge in [0.1, 0.15) is 18.1 Å². The van der Waals surface area contributed by atoms with Gasteiger partial charge in [-0.15, -0.1) is 0 Å². The lowest BCUT2D eigenvalue weighted by molar-refractivity contribution is -0.141. The molecule has 0 fully saturated rings. The van der Waals surface area contributed by atoms with Crippen molar-refractivity contribution < 1.29 is 19.4 Å². The fraction of sp³-hybridized carbons (Fsp3) is 0.350. The summed E-state index contributed by atoms with van der Waals surface area (Å²) < 4.78 is 11.4. The highest BCUT2D eigenvalue weighted by molar-refractivity contribution is 6.32. The molecule has 0 bridgehead atoms. The lowest BCUT2D eigenvalue weighted by atomic mass is 10.0. The normalized spacial score (nSPS) is 12.0. The first-order chi connectivity index (χ1) is 11.8. The van der Waals surface area contributed by atoms with E-state index >= 15 is 0 Å². The van der Waals surface area contributed by atoms with Gasteiger partial charge in [-0.2, -0.15) is 0 Å². The Bertz CT molecular complexity index is 710. The van der Waals surface area contributed by atoms with Crippen LogP contribution in [0.3, 0.4) is 0 Å². The Morgan fingerprint density at radius 1 is 1.08 bits per heavy atom. The summed E-state index contributed by atoms with van der Waals surface area (Å²) in [5.41, 5.74) is 1.89. The molecule has 0 aliphatic rings. The Morgan fingerprint density at radius 2 is 1.72 bits per heavy atom. The zero-order chi connectivity index (χ0) is 18.4. The Balaban J connectivity index is 1.95. The highest BCUT2D eigenvalue weighted by Gasteiger charge is 2.13. The molecule has 1 N–H and O–H groups in total. The van der Waals surface area contributed by atoms with Crippen LogP contribution in [0, 0.1) is 5.92 Å². The summed E-state index contributed by atoms with van der Waals surface area (Å²) in [5, 5.41) is 9.46. The largest absolute Gasteiger partial charge is 0.491 e. The molecule has 0 spiro atoms. The molecule has 2 rings (SSSR count). The van der Waals surface area contributed by atoms with E-state index in [1.165, 1.54) is 0 Å². The smallest absolute Gasteiger partial charge is 0.306 e. The maximum Gasteiger partial charge on any atom is 0.306 e. The number of halogens is 1. The van der Waals surface area contributed by atoms with Crippen molar-refractivity contribution >= 4 is 17.6 Å². The number of carboxylic acids is 1. The molecule has 0 saturated heterocycles. The zero-order valence-corrected chi connectivity index (χ0v) is 15.4. The van der Waals surface area contributed by atoms with Gasteiger partial charge in [0.2, 0.25) is 0 Å². The summed E-state index contributed by atoms with van der Waals surface area (Å²) in [5.74, 6) is 0.139. The highest BCUT2D eigenvalue weighted by Crippen LogP contribution is 2.27. The van der Waals surface area contributed by atoms with Crippen molar-refractivity contribution in [1.82, 2.24) is 0 Å². The molecular weight excluding hydrogens is 340 g/mol. The number of carbonyl (C=O) groups is 1. The van der Waals surface area contributed by atoms with E-state index in [0.29, 0.717) is 23.8 Å². The first kappa shape index (κ1) is 19.1. The van der Waals surface area contributed by atoms with Crippen LogP contribution in [0.4, 0.5) is 0 Å². The van der Waals surface area contributed by atoms with E-state index in [2.05, 4.69) is 0 Å². The van der Waals surface area contributed by atoms with Gasteiger partial charge < -0.3 is 14.6 Å². The first-order valence-corrected chi connectivity index (χ1v) is 8.62. The van der Waals surface area contributed by atoms with Gasteiger partial charge in [0.05, 0.1) is 17.0 Å². The van der Waals surface area contributed by atoms with Crippen LogP contribution in [0.1, 0.15) is 31.9 Å². The SMILES string of the molecule is CC(C)Oc1ccc(COc2ccc(C[C@H](C)C(=O)O)cc2Cl)cc1. The Labute approximate surface area is 153 Å². The molecule has 2 aromatic rings. The average Bonchev–Trinajstić information content (AvgIpc) is 2.55. The molecule has 4 nitrogen and oxygen atoms in total. The minimum absolute atomic E-state index is 0.142. The predicted octanol–water partition coefficient (Wildman–Crippen LogP) is 4.97. The van der Waals surface area contributed by atoms with Gasteiger partial charge in [-0.05, 0) is 55.7 Å². The van der Waals surface area contributed by atoms with Crippen molar-refractivity contribution in [2.45, 2.75) is 39.9 Å². The van der Waals surface area contributed by atoms with Crippen molar-refractivity contribution in [3.05, 3.63) is 58.6 Å². The number of ether oxygens (including phenoxy) is 2. The third-order valence-corrected chi connectivity index (χ3v) is 3.94. The standard InChI is InChI=1S/C20H23ClO4/c1-13(2)25-17-7-4-15(5-8-17)12-24-19-9-6-16(11-18(19)21)10-14(3)20(22)23/h4-9,11,13-14H,10,12H2,1-3H3,(H,22,23)/t14-/m0/s1. The molecule has 0 amide bonds. The van der Waals surface area contributed by atoms with Gasteiger partial charge >= 0.3 is 5.97 Å². The van der Waals surface area contributed by atoms with Crippen LogP contribution in [-0.2, 0) is 17.8 Å². The van der Waals surface area contributed by atoms with E-state index in [4.69, 9.17) is 26.2 Å². The Kier molecular flexibility index (Phi) is 6.71. The molecule has 134 valence electrons. The monoisotopic (exact) mass is 362 g/mol. The number of aliphatic carboxylic acids is 1. The van der Waals surface area contributed by atoms with E-state index in [1.807, 2.05) is 44.2 Å². The molecule has 2 aromatic carbocycles. The van der Waals surface area contributed by atoms with Crippen LogP contribution >= 0.6 is 11.6 Å². The van der Waals surface area contributed by atoms with Crippen molar-refractivity contribution in [3.8, 4) is 11.5 Å². The molecule has 0 aliphatic carbocycles. The summed E-state index contributed by atoms with van der Waals surface area (Å²) in [7, 11) is 0. The molecule has 0 heterocycles. The van der Waals surface area contributed by atoms with Gasteiger partial charge in [0.25, 0.3) is 0 Å². The van der Waals surface area contributed by atoms with E-state index in [0.717, 1.165) is 16.9 Å². The lowest BCUT2D eigenvalue weighted by Gasteiger charge is -2.12. The topological polar surface area (TPSA) is 55.8 Å². The second-order valence-corrected chi connectivity index (χ2v) is 6.71.